The Morgan fingerprint density at radius 3 is 3.06 bits per heavy atom. The third kappa shape index (κ3) is 1.96. The Kier molecular flexibility index (Phi) is 2.72. The highest BCUT2D eigenvalue weighted by Crippen LogP contribution is 2.39. The van der Waals surface area contributed by atoms with E-state index in [2.05, 4.69) is 10.4 Å². The predicted octanol–water partition coefficient (Wildman–Crippen LogP) is -0.362. The Morgan fingerprint density at radius 2 is 2.44 bits per heavy atom. The third-order valence-electron chi connectivity index (χ3n) is 3.70. The molecule has 6 nitrogen and oxygen atoms in total. The second-order valence-electron chi connectivity index (χ2n) is 5.06. The van der Waals surface area contributed by atoms with E-state index < -0.39 is 15.4 Å². The van der Waals surface area contributed by atoms with Gasteiger partial charge in [-0.15, -0.1) is 0 Å². The first kappa shape index (κ1) is 12.1. The first-order valence-electron chi connectivity index (χ1n) is 6.08. The number of aryl methyl sites for hydroxylation is 1. The molecule has 2 unspecified atom stereocenters. The standard InChI is InChI=1S/C11H17N3O3S/c1-14-5-2-9(13-14)10-11(17-6-4-12-10)3-7-18(15,16)8-11/h2,5,10,12H,3-4,6-8H2,1H3. The number of ether oxygens (including phenoxy) is 1. The van der Waals surface area contributed by atoms with Crippen LogP contribution in [0.2, 0.25) is 0 Å². The molecule has 0 amide bonds. The van der Waals surface area contributed by atoms with Gasteiger partial charge in [-0.3, -0.25) is 4.68 Å². The van der Waals surface area contributed by atoms with Gasteiger partial charge in [0.2, 0.25) is 0 Å². The summed E-state index contributed by atoms with van der Waals surface area (Å²) in [6.07, 6.45) is 2.41. The number of hydrogen-bond acceptors (Lipinski definition) is 5. The van der Waals surface area contributed by atoms with Crippen molar-refractivity contribution in [2.75, 3.05) is 24.7 Å². The lowest BCUT2D eigenvalue weighted by Crippen LogP contribution is -2.53. The summed E-state index contributed by atoms with van der Waals surface area (Å²) in [5, 5.41) is 7.73. The maximum atomic E-state index is 11.8. The molecular weight excluding hydrogens is 254 g/mol. The highest BCUT2D eigenvalue weighted by atomic mass is 32.2. The molecule has 2 fully saturated rings. The molecule has 7 heteroatoms. The summed E-state index contributed by atoms with van der Waals surface area (Å²) in [7, 11) is -1.14. The van der Waals surface area contributed by atoms with Crippen molar-refractivity contribution in [2.24, 2.45) is 7.05 Å². The molecular formula is C11H17N3O3S. The van der Waals surface area contributed by atoms with Crippen molar-refractivity contribution < 1.29 is 13.2 Å². The highest BCUT2D eigenvalue weighted by Gasteiger charge is 2.51. The van der Waals surface area contributed by atoms with Crippen molar-refractivity contribution in [3.8, 4) is 0 Å². The second kappa shape index (κ2) is 4.04. The Morgan fingerprint density at radius 1 is 1.61 bits per heavy atom. The minimum atomic E-state index is -2.99. The topological polar surface area (TPSA) is 73.2 Å². The predicted molar refractivity (Wildman–Crippen MR) is 65.9 cm³/mol. The quantitative estimate of drug-likeness (QED) is 0.755. The van der Waals surface area contributed by atoms with Gasteiger partial charge in [0, 0.05) is 19.8 Å². The molecule has 1 N–H and O–H groups in total. The zero-order valence-corrected chi connectivity index (χ0v) is 11.1. The molecule has 1 aromatic heterocycles. The van der Waals surface area contributed by atoms with E-state index in [0.717, 1.165) is 12.2 Å². The van der Waals surface area contributed by atoms with Crippen LogP contribution < -0.4 is 5.32 Å². The lowest BCUT2D eigenvalue weighted by atomic mass is 9.89. The fraction of sp³-hybridized carbons (Fsp3) is 0.727. The van der Waals surface area contributed by atoms with E-state index in [-0.39, 0.29) is 17.5 Å². The zero-order valence-electron chi connectivity index (χ0n) is 10.3. The van der Waals surface area contributed by atoms with Crippen molar-refractivity contribution in [2.45, 2.75) is 18.1 Å². The molecule has 2 aliphatic heterocycles. The summed E-state index contributed by atoms with van der Waals surface area (Å²) < 4.78 is 31.1. The first-order valence-corrected chi connectivity index (χ1v) is 7.90. The summed E-state index contributed by atoms with van der Waals surface area (Å²) >= 11 is 0. The Labute approximate surface area is 106 Å². The monoisotopic (exact) mass is 271 g/mol. The SMILES string of the molecule is Cn1ccc(C2NCCOC23CCS(=O)(=O)C3)n1. The highest BCUT2D eigenvalue weighted by molar-refractivity contribution is 7.91. The molecule has 0 aromatic carbocycles. The molecule has 0 radical (unpaired) electrons. The van der Waals surface area contributed by atoms with Gasteiger partial charge in [0.05, 0.1) is 29.8 Å². The van der Waals surface area contributed by atoms with Gasteiger partial charge >= 0.3 is 0 Å². The van der Waals surface area contributed by atoms with E-state index in [1.165, 1.54) is 0 Å². The van der Waals surface area contributed by atoms with Crippen molar-refractivity contribution in [1.29, 1.82) is 0 Å². The van der Waals surface area contributed by atoms with Crippen LogP contribution in [-0.2, 0) is 21.6 Å². The summed E-state index contributed by atoms with van der Waals surface area (Å²) in [6.45, 7) is 1.28. The van der Waals surface area contributed by atoms with E-state index in [4.69, 9.17) is 4.74 Å². The van der Waals surface area contributed by atoms with Crippen molar-refractivity contribution in [1.82, 2.24) is 15.1 Å². The Hall–Kier alpha value is -0.920. The Bertz CT molecular complexity index is 554. The van der Waals surface area contributed by atoms with Crippen LogP contribution in [0.4, 0.5) is 0 Å². The van der Waals surface area contributed by atoms with Crippen LogP contribution in [0.1, 0.15) is 18.2 Å². The largest absolute Gasteiger partial charge is 0.371 e. The van der Waals surface area contributed by atoms with Gasteiger partial charge in [-0.2, -0.15) is 5.10 Å². The molecule has 2 aliphatic rings. The fourth-order valence-electron chi connectivity index (χ4n) is 2.87. The third-order valence-corrected chi connectivity index (χ3v) is 5.45. The summed E-state index contributed by atoms with van der Waals surface area (Å²) in [6, 6.07) is 1.78. The molecule has 0 saturated carbocycles. The minimum absolute atomic E-state index is 0.0915. The normalized spacial score (nSPS) is 35.1. The molecule has 0 aliphatic carbocycles. The maximum absolute atomic E-state index is 11.8. The van der Waals surface area contributed by atoms with Gasteiger partial charge in [0.1, 0.15) is 5.60 Å². The molecule has 2 atom stereocenters. The van der Waals surface area contributed by atoms with Crippen LogP contribution in [0.5, 0.6) is 0 Å². The van der Waals surface area contributed by atoms with Crippen molar-refractivity contribution in [3.63, 3.8) is 0 Å². The van der Waals surface area contributed by atoms with Crippen LogP contribution in [0.3, 0.4) is 0 Å². The van der Waals surface area contributed by atoms with E-state index in [1.54, 1.807) is 4.68 Å². The maximum Gasteiger partial charge on any atom is 0.153 e. The fourth-order valence-corrected chi connectivity index (χ4v) is 4.81. The average molecular weight is 271 g/mol. The summed E-state index contributed by atoms with van der Waals surface area (Å²) in [4.78, 5) is 0. The number of aromatic nitrogens is 2. The van der Waals surface area contributed by atoms with Gasteiger partial charge in [-0.25, -0.2) is 8.42 Å². The van der Waals surface area contributed by atoms with Gasteiger partial charge in [0.25, 0.3) is 0 Å². The minimum Gasteiger partial charge on any atom is -0.371 e. The second-order valence-corrected chi connectivity index (χ2v) is 7.24. The van der Waals surface area contributed by atoms with E-state index in [9.17, 15) is 8.42 Å². The molecule has 100 valence electrons. The van der Waals surface area contributed by atoms with Crippen molar-refractivity contribution in [3.05, 3.63) is 18.0 Å². The number of sulfone groups is 1. The van der Waals surface area contributed by atoms with Crippen LogP contribution in [0.15, 0.2) is 12.3 Å². The number of hydrogen-bond donors (Lipinski definition) is 1. The number of nitrogens with one attached hydrogen (secondary N) is 1. The lowest BCUT2D eigenvalue weighted by Gasteiger charge is -2.40. The van der Waals surface area contributed by atoms with Gasteiger partial charge in [-0.05, 0) is 12.5 Å². The molecule has 18 heavy (non-hydrogen) atoms. The number of nitrogens with zero attached hydrogens (tertiary/aromatic N) is 2. The summed E-state index contributed by atoms with van der Waals surface area (Å²) in [5.74, 6) is 0.298. The average Bonchev–Trinajstić information content (AvgIpc) is 2.85. The number of rotatable bonds is 1. The molecule has 2 saturated heterocycles. The molecule has 1 spiro atoms. The van der Waals surface area contributed by atoms with E-state index >= 15 is 0 Å². The molecule has 3 heterocycles. The van der Waals surface area contributed by atoms with Crippen LogP contribution in [0.25, 0.3) is 0 Å². The summed E-state index contributed by atoms with van der Waals surface area (Å²) in [5.41, 5.74) is 0.222. The van der Waals surface area contributed by atoms with E-state index in [1.807, 2.05) is 19.3 Å². The number of morpholine rings is 1. The van der Waals surface area contributed by atoms with Gasteiger partial charge < -0.3 is 10.1 Å². The van der Waals surface area contributed by atoms with Gasteiger partial charge in [-0.1, -0.05) is 0 Å². The van der Waals surface area contributed by atoms with Crippen LogP contribution >= 0.6 is 0 Å². The molecule has 1 aromatic rings. The smallest absolute Gasteiger partial charge is 0.153 e. The first-order chi connectivity index (χ1) is 8.51. The molecule has 3 rings (SSSR count). The van der Waals surface area contributed by atoms with Crippen molar-refractivity contribution >= 4 is 9.84 Å². The van der Waals surface area contributed by atoms with Gasteiger partial charge in [0.15, 0.2) is 9.84 Å². The molecule has 0 bridgehead atoms. The van der Waals surface area contributed by atoms with E-state index in [0.29, 0.717) is 13.0 Å². The zero-order chi connectivity index (χ0) is 12.8. The van der Waals surface area contributed by atoms with Crippen LogP contribution in [-0.4, -0.2) is 48.5 Å². The Balaban J connectivity index is 1.96. The van der Waals surface area contributed by atoms with Crippen LogP contribution in [0, 0.1) is 0 Å². The lowest BCUT2D eigenvalue weighted by molar-refractivity contribution is -0.0810.